The SMILES string of the molecule is CCCCCCCCCCCCCCCc1nc(Cc2nc(CCCCCCCCCCCCCCC)[nH]c2C)c(C)[nH]1. The summed E-state index contributed by atoms with van der Waals surface area (Å²) in [4.78, 5) is 17.1. The Bertz CT molecular complexity index is 823. The van der Waals surface area contributed by atoms with Gasteiger partial charge in [-0.2, -0.15) is 0 Å². The van der Waals surface area contributed by atoms with E-state index in [0.29, 0.717) is 0 Å². The summed E-state index contributed by atoms with van der Waals surface area (Å²) in [7, 11) is 0. The summed E-state index contributed by atoms with van der Waals surface area (Å²) in [6.07, 6.45) is 39.4. The van der Waals surface area contributed by atoms with Crippen LogP contribution in [0.2, 0.25) is 0 Å². The first-order valence-corrected chi connectivity index (χ1v) is 19.2. The molecule has 0 atom stereocenters. The predicted molar refractivity (Wildman–Crippen MR) is 188 cm³/mol. The molecule has 0 fully saturated rings. The quantitative estimate of drug-likeness (QED) is 0.0881. The van der Waals surface area contributed by atoms with E-state index < -0.39 is 0 Å². The smallest absolute Gasteiger partial charge is 0.106 e. The second-order valence-electron chi connectivity index (χ2n) is 13.7. The number of imidazole rings is 2. The second kappa shape index (κ2) is 25.7. The molecule has 4 nitrogen and oxygen atoms in total. The average Bonchev–Trinajstić information content (AvgIpc) is 3.53. The maximum atomic E-state index is 4.98. The molecule has 2 N–H and O–H groups in total. The minimum atomic E-state index is 0.835. The molecule has 2 heterocycles. The zero-order valence-corrected chi connectivity index (χ0v) is 29.4. The summed E-state index contributed by atoms with van der Waals surface area (Å²) in [6.45, 7) is 8.94. The van der Waals surface area contributed by atoms with Crippen LogP contribution < -0.4 is 0 Å². The molecule has 0 aliphatic carbocycles. The van der Waals surface area contributed by atoms with Crippen LogP contribution in [-0.4, -0.2) is 19.9 Å². The number of unbranched alkanes of at least 4 members (excludes halogenated alkanes) is 24. The lowest BCUT2D eigenvalue weighted by Crippen LogP contribution is -1.95. The lowest BCUT2D eigenvalue weighted by Gasteiger charge is -2.03. The fourth-order valence-corrected chi connectivity index (χ4v) is 6.49. The Labute approximate surface area is 267 Å². The van der Waals surface area contributed by atoms with Gasteiger partial charge in [0, 0.05) is 30.7 Å². The Kier molecular flexibility index (Phi) is 22.5. The monoisotopic (exact) mass is 597 g/mol. The van der Waals surface area contributed by atoms with E-state index in [-0.39, 0.29) is 0 Å². The number of aromatic amines is 2. The number of aromatic nitrogens is 4. The summed E-state index contributed by atoms with van der Waals surface area (Å²) in [5.41, 5.74) is 4.77. The minimum Gasteiger partial charge on any atom is -0.346 e. The van der Waals surface area contributed by atoms with Crippen molar-refractivity contribution in [1.82, 2.24) is 19.9 Å². The van der Waals surface area contributed by atoms with Gasteiger partial charge in [-0.15, -0.1) is 0 Å². The van der Waals surface area contributed by atoms with Crippen LogP contribution in [0.3, 0.4) is 0 Å². The van der Waals surface area contributed by atoms with Crippen LogP contribution in [0.25, 0.3) is 0 Å². The number of rotatable bonds is 30. The zero-order valence-electron chi connectivity index (χ0n) is 29.4. The summed E-state index contributed by atoms with van der Waals surface area (Å²) in [5, 5.41) is 0. The maximum Gasteiger partial charge on any atom is 0.106 e. The van der Waals surface area contributed by atoms with Crippen molar-refractivity contribution < 1.29 is 0 Å². The van der Waals surface area contributed by atoms with E-state index in [9.17, 15) is 0 Å². The van der Waals surface area contributed by atoms with Crippen LogP contribution in [0.4, 0.5) is 0 Å². The number of hydrogen-bond acceptors (Lipinski definition) is 2. The van der Waals surface area contributed by atoms with Crippen LogP contribution in [0, 0.1) is 13.8 Å². The van der Waals surface area contributed by atoms with Gasteiger partial charge in [0.2, 0.25) is 0 Å². The maximum absolute atomic E-state index is 4.98. The van der Waals surface area contributed by atoms with Crippen molar-refractivity contribution in [2.45, 2.75) is 214 Å². The topological polar surface area (TPSA) is 57.4 Å². The van der Waals surface area contributed by atoms with E-state index in [1.807, 2.05) is 0 Å². The Balaban J connectivity index is 1.50. The molecule has 2 rings (SSSR count). The Morgan fingerprint density at radius 3 is 0.907 bits per heavy atom. The van der Waals surface area contributed by atoms with Gasteiger partial charge in [-0.3, -0.25) is 0 Å². The summed E-state index contributed by atoms with van der Waals surface area (Å²) in [5.74, 6) is 2.33. The number of hydrogen-bond donors (Lipinski definition) is 2. The Hall–Kier alpha value is -1.58. The molecule has 0 saturated heterocycles. The lowest BCUT2D eigenvalue weighted by molar-refractivity contribution is 0.538. The molecule has 0 aromatic carbocycles. The van der Waals surface area contributed by atoms with Crippen LogP contribution in [0.15, 0.2) is 0 Å². The van der Waals surface area contributed by atoms with Gasteiger partial charge in [-0.05, 0) is 26.7 Å². The number of nitrogens with one attached hydrogen (secondary N) is 2. The first-order valence-electron chi connectivity index (χ1n) is 19.2. The molecule has 0 bridgehead atoms. The van der Waals surface area contributed by atoms with E-state index in [2.05, 4.69) is 37.7 Å². The normalized spacial score (nSPS) is 11.6. The molecule has 2 aromatic heterocycles. The molecule has 43 heavy (non-hydrogen) atoms. The fraction of sp³-hybridized carbons (Fsp3) is 0.846. The van der Waals surface area contributed by atoms with Gasteiger partial charge in [0.1, 0.15) is 11.6 Å². The highest BCUT2D eigenvalue weighted by Gasteiger charge is 2.13. The zero-order chi connectivity index (χ0) is 30.8. The van der Waals surface area contributed by atoms with Gasteiger partial charge in [0.25, 0.3) is 0 Å². The highest BCUT2D eigenvalue weighted by Crippen LogP contribution is 2.18. The average molecular weight is 597 g/mol. The molecular weight excluding hydrogens is 524 g/mol. The van der Waals surface area contributed by atoms with Crippen molar-refractivity contribution in [3.05, 3.63) is 34.4 Å². The summed E-state index contributed by atoms with van der Waals surface area (Å²) in [6, 6.07) is 0. The summed E-state index contributed by atoms with van der Waals surface area (Å²) < 4.78 is 0. The first kappa shape index (κ1) is 37.6. The molecule has 4 heteroatoms. The van der Waals surface area contributed by atoms with Gasteiger partial charge >= 0.3 is 0 Å². The molecule has 0 radical (unpaired) electrons. The highest BCUT2D eigenvalue weighted by molar-refractivity contribution is 5.24. The second-order valence-corrected chi connectivity index (χ2v) is 13.7. The van der Waals surface area contributed by atoms with Crippen molar-refractivity contribution in [2.24, 2.45) is 0 Å². The van der Waals surface area contributed by atoms with E-state index in [1.54, 1.807) is 0 Å². The van der Waals surface area contributed by atoms with Crippen molar-refractivity contribution in [1.29, 1.82) is 0 Å². The van der Waals surface area contributed by atoms with E-state index in [4.69, 9.17) is 9.97 Å². The Morgan fingerprint density at radius 2 is 0.628 bits per heavy atom. The molecular formula is C39H72N4. The molecule has 0 saturated carbocycles. The number of nitrogens with zero attached hydrogens (tertiary/aromatic N) is 2. The van der Waals surface area contributed by atoms with Crippen LogP contribution in [-0.2, 0) is 19.3 Å². The van der Waals surface area contributed by atoms with E-state index in [1.165, 1.54) is 190 Å². The molecule has 0 unspecified atom stereocenters. The predicted octanol–water partition coefficient (Wildman–Crippen LogP) is 12.6. The van der Waals surface area contributed by atoms with Crippen molar-refractivity contribution in [3.63, 3.8) is 0 Å². The van der Waals surface area contributed by atoms with E-state index >= 15 is 0 Å². The minimum absolute atomic E-state index is 0.835. The van der Waals surface area contributed by atoms with Gasteiger partial charge < -0.3 is 9.97 Å². The van der Waals surface area contributed by atoms with Gasteiger partial charge in [-0.1, -0.05) is 168 Å². The van der Waals surface area contributed by atoms with Gasteiger partial charge in [-0.25, -0.2) is 9.97 Å². The standard InChI is InChI=1S/C39H72N4/c1-5-7-9-11-13-15-17-19-21-23-25-27-29-31-38-40-34(3)36(42-38)33-37-35(4)41-39(43-37)32-30-28-26-24-22-20-18-16-14-12-10-8-6-2/h5-33H2,1-4H3,(H,40,42)(H,41,43). The first-order chi connectivity index (χ1) is 21.1. The largest absolute Gasteiger partial charge is 0.346 e. The van der Waals surface area contributed by atoms with E-state index in [0.717, 1.165) is 30.9 Å². The highest BCUT2D eigenvalue weighted by atomic mass is 15.0. The molecule has 0 aliphatic heterocycles. The Morgan fingerprint density at radius 1 is 0.372 bits per heavy atom. The molecule has 2 aromatic rings. The molecule has 248 valence electrons. The van der Waals surface area contributed by atoms with Gasteiger partial charge in [0.15, 0.2) is 0 Å². The van der Waals surface area contributed by atoms with Crippen LogP contribution in [0.5, 0.6) is 0 Å². The number of aryl methyl sites for hydroxylation is 4. The third-order valence-electron chi connectivity index (χ3n) is 9.44. The summed E-state index contributed by atoms with van der Waals surface area (Å²) >= 11 is 0. The van der Waals surface area contributed by atoms with Crippen LogP contribution >= 0.6 is 0 Å². The van der Waals surface area contributed by atoms with Gasteiger partial charge in [0.05, 0.1) is 11.4 Å². The van der Waals surface area contributed by atoms with Crippen molar-refractivity contribution in [2.75, 3.05) is 0 Å². The molecule has 0 aliphatic rings. The molecule has 0 amide bonds. The third-order valence-corrected chi connectivity index (χ3v) is 9.44. The van der Waals surface area contributed by atoms with Crippen molar-refractivity contribution in [3.8, 4) is 0 Å². The van der Waals surface area contributed by atoms with Crippen molar-refractivity contribution >= 4 is 0 Å². The lowest BCUT2D eigenvalue weighted by atomic mass is 10.0. The fourth-order valence-electron chi connectivity index (χ4n) is 6.49. The number of H-pyrrole nitrogens is 2. The molecule has 0 spiro atoms. The third kappa shape index (κ3) is 18.7. The van der Waals surface area contributed by atoms with Crippen LogP contribution in [0.1, 0.15) is 215 Å².